The minimum Gasteiger partial charge on any atom is -0.469 e. The van der Waals surface area contributed by atoms with Crippen molar-refractivity contribution in [2.45, 2.75) is 45.3 Å². The van der Waals surface area contributed by atoms with Crippen LogP contribution in [-0.2, 0) is 18.8 Å². The van der Waals surface area contributed by atoms with Crippen LogP contribution in [0.5, 0.6) is 0 Å². The molecule has 0 amide bonds. The van der Waals surface area contributed by atoms with Crippen molar-refractivity contribution in [3.63, 3.8) is 0 Å². The lowest BCUT2D eigenvalue weighted by molar-refractivity contribution is -0.140. The first-order valence-electron chi connectivity index (χ1n) is 6.57. The van der Waals surface area contributed by atoms with Crippen LogP contribution in [0.1, 0.15) is 34.1 Å². The number of nitrogens with zero attached hydrogens (tertiary/aromatic N) is 1. The molecule has 1 fully saturated rings. The van der Waals surface area contributed by atoms with Crippen LogP contribution in [0.2, 0.25) is 0 Å². The molecule has 0 aromatic heterocycles. The van der Waals surface area contributed by atoms with E-state index >= 15 is 0 Å². The van der Waals surface area contributed by atoms with Gasteiger partial charge in [-0.1, -0.05) is 0 Å². The number of ether oxygens (including phenoxy) is 1. The van der Waals surface area contributed by atoms with E-state index in [1.807, 2.05) is 27.7 Å². The van der Waals surface area contributed by atoms with Crippen LogP contribution in [0.25, 0.3) is 0 Å². The Balaban J connectivity index is 2.61. The highest BCUT2D eigenvalue weighted by Gasteiger charge is 2.52. The molecule has 0 saturated carbocycles. The van der Waals surface area contributed by atoms with Crippen LogP contribution in [0.3, 0.4) is 0 Å². The van der Waals surface area contributed by atoms with Crippen molar-refractivity contribution in [2.24, 2.45) is 10.7 Å². The Hall–Kier alpha value is -1.34. The molecule has 1 aliphatic rings. The van der Waals surface area contributed by atoms with Crippen LogP contribution in [0.4, 0.5) is 0 Å². The van der Waals surface area contributed by atoms with Gasteiger partial charge in [-0.2, -0.15) is 0 Å². The molecule has 7 heteroatoms. The second-order valence-electron chi connectivity index (χ2n) is 5.62. The Kier molecular flexibility index (Phi) is 5.36. The summed E-state index contributed by atoms with van der Waals surface area (Å²) in [5, 5.41) is 0. The molecule has 0 bridgehead atoms. The number of esters is 1. The van der Waals surface area contributed by atoms with Gasteiger partial charge in [0.05, 0.1) is 24.7 Å². The number of rotatable bonds is 5. The third kappa shape index (κ3) is 3.83. The van der Waals surface area contributed by atoms with Gasteiger partial charge in [-0.3, -0.25) is 9.79 Å². The lowest BCUT2D eigenvalue weighted by Gasteiger charge is -2.32. The maximum atomic E-state index is 11.0. The first kappa shape index (κ1) is 16.7. The minimum atomic E-state index is -0.549. The lowest BCUT2D eigenvalue weighted by Crippen LogP contribution is -2.41. The monoisotopic (exact) mass is 282 g/mol. The van der Waals surface area contributed by atoms with Crippen molar-refractivity contribution in [1.82, 2.24) is 0 Å². The van der Waals surface area contributed by atoms with E-state index in [1.54, 1.807) is 6.21 Å². The summed E-state index contributed by atoms with van der Waals surface area (Å²) in [6, 6.07) is 0. The summed E-state index contributed by atoms with van der Waals surface area (Å²) < 4.78 is 16.3. The van der Waals surface area contributed by atoms with Gasteiger partial charge < -0.3 is 19.8 Å². The average molecular weight is 282 g/mol. The molecule has 6 nitrogen and oxygen atoms in total. The van der Waals surface area contributed by atoms with Crippen molar-refractivity contribution in [3.8, 4) is 0 Å². The fourth-order valence-corrected chi connectivity index (χ4v) is 1.59. The molecular weight excluding hydrogens is 259 g/mol. The quantitative estimate of drug-likeness (QED) is 0.463. The molecule has 0 aliphatic carbocycles. The molecule has 0 unspecified atom stereocenters. The number of hydrogen-bond donors (Lipinski definition) is 1. The first-order valence-corrected chi connectivity index (χ1v) is 6.57. The van der Waals surface area contributed by atoms with E-state index in [1.165, 1.54) is 13.3 Å². The third-order valence-corrected chi connectivity index (χ3v) is 3.63. The van der Waals surface area contributed by atoms with Crippen molar-refractivity contribution in [1.29, 1.82) is 0 Å². The predicted molar refractivity (Wildman–Crippen MR) is 78.3 cm³/mol. The lowest BCUT2D eigenvalue weighted by atomic mass is 9.79. The normalized spacial score (nSPS) is 21.4. The number of allylic oxidation sites excluding steroid dienone is 1. The van der Waals surface area contributed by atoms with E-state index in [9.17, 15) is 4.79 Å². The van der Waals surface area contributed by atoms with Crippen molar-refractivity contribution in [3.05, 3.63) is 11.7 Å². The van der Waals surface area contributed by atoms with E-state index in [2.05, 4.69) is 9.73 Å². The smallest absolute Gasteiger partial charge is 0.469 e. The van der Waals surface area contributed by atoms with Crippen molar-refractivity contribution >= 4 is 19.3 Å². The van der Waals surface area contributed by atoms with E-state index in [4.69, 9.17) is 15.0 Å². The summed E-state index contributed by atoms with van der Waals surface area (Å²) >= 11 is 0. The van der Waals surface area contributed by atoms with Gasteiger partial charge in [-0.15, -0.1) is 0 Å². The van der Waals surface area contributed by atoms with Gasteiger partial charge in [0.25, 0.3) is 0 Å². The first-order chi connectivity index (χ1) is 9.23. The number of carbonyl (C=O) groups is 1. The molecule has 2 N–H and O–H groups in total. The number of hydrogen-bond acceptors (Lipinski definition) is 6. The van der Waals surface area contributed by atoms with E-state index in [0.29, 0.717) is 12.0 Å². The van der Waals surface area contributed by atoms with Crippen molar-refractivity contribution < 1.29 is 18.8 Å². The summed E-state index contributed by atoms with van der Waals surface area (Å²) in [7, 11) is 0.800. The fourth-order valence-electron chi connectivity index (χ4n) is 1.59. The molecule has 112 valence electrons. The molecule has 0 radical (unpaired) electrons. The number of carbonyl (C=O) groups excluding carboxylic acids is 1. The van der Waals surface area contributed by atoms with Crippen molar-refractivity contribution in [2.75, 3.05) is 13.7 Å². The highest BCUT2D eigenvalue weighted by Crippen LogP contribution is 2.38. The molecule has 1 aliphatic heterocycles. The van der Waals surface area contributed by atoms with Gasteiger partial charge in [0.2, 0.25) is 0 Å². The second-order valence-corrected chi connectivity index (χ2v) is 5.62. The molecule has 0 spiro atoms. The number of aliphatic imine (C=N–C) groups is 1. The Bertz CT molecular complexity index is 403. The summed E-state index contributed by atoms with van der Waals surface area (Å²) in [5.74, 6) is -0.295. The zero-order valence-corrected chi connectivity index (χ0v) is 12.8. The van der Waals surface area contributed by atoms with Crippen LogP contribution in [0, 0.1) is 0 Å². The zero-order valence-electron chi connectivity index (χ0n) is 12.8. The molecule has 1 heterocycles. The van der Waals surface area contributed by atoms with Gasteiger partial charge in [0, 0.05) is 18.2 Å². The molecule has 20 heavy (non-hydrogen) atoms. The Morgan fingerprint density at radius 2 is 1.85 bits per heavy atom. The largest absolute Gasteiger partial charge is 0.497 e. The molecular formula is C13H23BN2O4. The van der Waals surface area contributed by atoms with Gasteiger partial charge in [-0.05, 0) is 33.9 Å². The molecule has 0 aromatic carbocycles. The fraction of sp³-hybridized carbons (Fsp3) is 0.692. The average Bonchev–Trinajstić information content (AvgIpc) is 2.58. The topological polar surface area (TPSA) is 83.1 Å². The van der Waals surface area contributed by atoms with Crippen LogP contribution in [0.15, 0.2) is 16.7 Å². The van der Waals surface area contributed by atoms with E-state index in [0.717, 1.165) is 0 Å². The Labute approximate surface area is 120 Å². The van der Waals surface area contributed by atoms with Gasteiger partial charge >= 0.3 is 13.1 Å². The molecule has 0 aromatic rings. The molecule has 1 saturated heterocycles. The highest BCUT2D eigenvalue weighted by molar-refractivity contribution is 6.60. The predicted octanol–water partition coefficient (Wildman–Crippen LogP) is 1.09. The summed E-state index contributed by atoms with van der Waals surface area (Å²) in [6.07, 6.45) is 3.21. The highest BCUT2D eigenvalue weighted by atomic mass is 16.7. The van der Waals surface area contributed by atoms with E-state index < -0.39 is 18.3 Å². The maximum Gasteiger partial charge on any atom is 0.497 e. The zero-order chi connectivity index (χ0) is 15.4. The van der Waals surface area contributed by atoms with Crippen LogP contribution >= 0.6 is 0 Å². The summed E-state index contributed by atoms with van der Waals surface area (Å²) in [4.78, 5) is 15.1. The van der Waals surface area contributed by atoms with Crippen LogP contribution < -0.4 is 5.73 Å². The number of methoxy groups -OCH3 is 1. The molecule has 0 atom stereocenters. The number of nitrogens with two attached hydrogens (primary N) is 1. The maximum absolute atomic E-state index is 11.0. The SMILES string of the molecule is COC(=O)CCN=CC(=CN)B1OC(C)(C)C(C)(C)O1. The van der Waals surface area contributed by atoms with E-state index in [-0.39, 0.29) is 12.4 Å². The summed E-state index contributed by atoms with van der Waals surface area (Å²) in [6.45, 7) is 8.21. The van der Waals surface area contributed by atoms with Crippen LogP contribution in [-0.4, -0.2) is 44.2 Å². The second kappa shape index (κ2) is 6.41. The Morgan fingerprint density at radius 3 is 2.30 bits per heavy atom. The standard InChI is InChI=1S/C13H23BN2O4/c1-12(2)13(3,4)20-14(19-12)10(8-15)9-16-7-6-11(17)18-5/h8-9H,6-7,15H2,1-5H3. The van der Waals surface area contributed by atoms with Gasteiger partial charge in [0.15, 0.2) is 0 Å². The third-order valence-electron chi connectivity index (χ3n) is 3.63. The van der Waals surface area contributed by atoms with Gasteiger partial charge in [0.1, 0.15) is 0 Å². The summed E-state index contributed by atoms with van der Waals surface area (Å²) in [5.41, 5.74) is 5.38. The van der Waals surface area contributed by atoms with Gasteiger partial charge in [-0.25, -0.2) is 0 Å². The molecule has 1 rings (SSSR count). The minimum absolute atomic E-state index is 0.230. The Morgan fingerprint density at radius 1 is 1.30 bits per heavy atom.